The number of imidazole rings is 1. The van der Waals surface area contributed by atoms with Crippen molar-refractivity contribution in [3.63, 3.8) is 0 Å². The SMILES string of the molecule is Cc1nccn1Cc1ccccc1NC(=O)C1(C)CC(c2ccccc2F)=NO1. The Morgan fingerprint density at radius 1 is 1.24 bits per heavy atom. The number of carbonyl (C=O) groups is 1. The molecule has 0 radical (unpaired) electrons. The molecule has 1 amide bonds. The van der Waals surface area contributed by atoms with Crippen molar-refractivity contribution in [2.45, 2.75) is 32.4 Å². The lowest BCUT2D eigenvalue weighted by molar-refractivity contribution is -0.135. The van der Waals surface area contributed by atoms with Crippen molar-refractivity contribution < 1.29 is 14.0 Å². The second kappa shape index (κ2) is 7.50. The molecular formula is C22H21FN4O2. The van der Waals surface area contributed by atoms with Crippen LogP contribution in [0.1, 0.15) is 30.3 Å². The molecule has 0 saturated carbocycles. The molecule has 1 N–H and O–H groups in total. The summed E-state index contributed by atoms with van der Waals surface area (Å²) in [6.45, 7) is 4.16. The van der Waals surface area contributed by atoms with E-state index < -0.39 is 5.60 Å². The van der Waals surface area contributed by atoms with Crippen molar-refractivity contribution in [2.24, 2.45) is 5.16 Å². The maximum absolute atomic E-state index is 14.1. The van der Waals surface area contributed by atoms with Gasteiger partial charge in [0.2, 0.25) is 5.60 Å². The molecule has 1 unspecified atom stereocenters. The number of nitrogens with one attached hydrogen (secondary N) is 1. The second-order valence-corrected chi connectivity index (χ2v) is 7.23. The number of hydrogen-bond donors (Lipinski definition) is 1. The molecule has 0 spiro atoms. The van der Waals surface area contributed by atoms with Crippen LogP contribution in [0.5, 0.6) is 0 Å². The number of halogens is 1. The lowest BCUT2D eigenvalue weighted by Crippen LogP contribution is -2.40. The lowest BCUT2D eigenvalue weighted by atomic mass is 9.94. The number of para-hydroxylation sites is 1. The molecule has 1 atom stereocenters. The predicted molar refractivity (Wildman–Crippen MR) is 108 cm³/mol. The van der Waals surface area contributed by atoms with Gasteiger partial charge in [0.15, 0.2) is 0 Å². The van der Waals surface area contributed by atoms with Gasteiger partial charge in [-0.1, -0.05) is 41.6 Å². The zero-order valence-electron chi connectivity index (χ0n) is 16.2. The Labute approximate surface area is 168 Å². The molecule has 0 aliphatic carbocycles. The average Bonchev–Trinajstić information content (AvgIpc) is 3.30. The minimum Gasteiger partial charge on any atom is -0.379 e. The van der Waals surface area contributed by atoms with Crippen LogP contribution in [-0.4, -0.2) is 26.8 Å². The van der Waals surface area contributed by atoms with Gasteiger partial charge in [-0.15, -0.1) is 0 Å². The maximum Gasteiger partial charge on any atom is 0.271 e. The standard InChI is InChI=1S/C22H21FN4O2/c1-15-24-11-12-27(15)14-16-7-3-6-10-19(16)25-21(28)22(2)13-20(26-29-22)17-8-4-5-9-18(17)23/h3-12H,13-14H2,1-2H3,(H,25,28). The molecule has 4 rings (SSSR count). The highest BCUT2D eigenvalue weighted by molar-refractivity contribution is 6.08. The first-order valence-corrected chi connectivity index (χ1v) is 9.33. The minimum absolute atomic E-state index is 0.183. The molecule has 7 heteroatoms. The van der Waals surface area contributed by atoms with Gasteiger partial charge >= 0.3 is 0 Å². The number of amides is 1. The maximum atomic E-state index is 14.1. The summed E-state index contributed by atoms with van der Waals surface area (Å²) in [5, 5.41) is 6.93. The number of aryl methyl sites for hydroxylation is 1. The highest BCUT2D eigenvalue weighted by Crippen LogP contribution is 2.29. The smallest absolute Gasteiger partial charge is 0.271 e. The fraction of sp³-hybridized carbons (Fsp3) is 0.227. The third-order valence-electron chi connectivity index (χ3n) is 5.06. The van der Waals surface area contributed by atoms with E-state index >= 15 is 0 Å². The van der Waals surface area contributed by atoms with Crippen LogP contribution in [0.3, 0.4) is 0 Å². The van der Waals surface area contributed by atoms with Gasteiger partial charge in [0, 0.05) is 30.1 Å². The Kier molecular flexibility index (Phi) is 4.88. The van der Waals surface area contributed by atoms with E-state index in [1.54, 1.807) is 31.3 Å². The van der Waals surface area contributed by atoms with Gasteiger partial charge in [-0.25, -0.2) is 9.37 Å². The largest absolute Gasteiger partial charge is 0.379 e. The van der Waals surface area contributed by atoms with Gasteiger partial charge in [0.25, 0.3) is 5.91 Å². The summed E-state index contributed by atoms with van der Waals surface area (Å²) in [5.41, 5.74) is 1.19. The van der Waals surface area contributed by atoms with Crippen molar-refractivity contribution in [3.8, 4) is 0 Å². The predicted octanol–water partition coefficient (Wildman–Crippen LogP) is 3.90. The van der Waals surface area contributed by atoms with E-state index in [1.807, 2.05) is 42.0 Å². The van der Waals surface area contributed by atoms with E-state index in [4.69, 9.17) is 4.84 Å². The Balaban J connectivity index is 1.51. The van der Waals surface area contributed by atoms with E-state index in [2.05, 4.69) is 15.5 Å². The van der Waals surface area contributed by atoms with E-state index in [-0.39, 0.29) is 18.1 Å². The summed E-state index contributed by atoms with van der Waals surface area (Å²) < 4.78 is 16.1. The number of oxime groups is 1. The quantitative estimate of drug-likeness (QED) is 0.716. The molecule has 29 heavy (non-hydrogen) atoms. The number of carbonyl (C=O) groups excluding carboxylic acids is 1. The Bertz CT molecular complexity index is 1090. The molecule has 6 nitrogen and oxygen atoms in total. The van der Waals surface area contributed by atoms with Gasteiger partial charge in [-0.3, -0.25) is 4.79 Å². The highest BCUT2D eigenvalue weighted by atomic mass is 19.1. The van der Waals surface area contributed by atoms with Crippen molar-refractivity contribution in [1.29, 1.82) is 0 Å². The topological polar surface area (TPSA) is 68.5 Å². The van der Waals surface area contributed by atoms with Crippen molar-refractivity contribution in [1.82, 2.24) is 9.55 Å². The van der Waals surface area contributed by atoms with Crippen LogP contribution in [-0.2, 0) is 16.2 Å². The highest BCUT2D eigenvalue weighted by Gasteiger charge is 2.43. The van der Waals surface area contributed by atoms with Crippen molar-refractivity contribution in [3.05, 3.63) is 83.7 Å². The Morgan fingerprint density at radius 2 is 2.00 bits per heavy atom. The van der Waals surface area contributed by atoms with E-state index in [0.717, 1.165) is 11.4 Å². The Hall–Kier alpha value is -3.48. The molecule has 148 valence electrons. The molecule has 1 aromatic heterocycles. The van der Waals surface area contributed by atoms with Crippen LogP contribution in [0.2, 0.25) is 0 Å². The first kappa shape index (κ1) is 18.9. The number of anilines is 1. The summed E-state index contributed by atoms with van der Waals surface area (Å²) in [7, 11) is 0. The van der Waals surface area contributed by atoms with Gasteiger partial charge in [-0.05, 0) is 31.5 Å². The number of nitrogens with zero attached hydrogens (tertiary/aromatic N) is 3. The molecular weight excluding hydrogens is 371 g/mol. The number of benzene rings is 2. The molecule has 1 aliphatic rings. The molecule has 3 aromatic rings. The second-order valence-electron chi connectivity index (χ2n) is 7.23. The van der Waals surface area contributed by atoms with Gasteiger partial charge in [0.1, 0.15) is 11.6 Å². The zero-order valence-corrected chi connectivity index (χ0v) is 16.2. The first-order chi connectivity index (χ1) is 14.0. The van der Waals surface area contributed by atoms with E-state index in [1.165, 1.54) is 6.07 Å². The van der Waals surface area contributed by atoms with Crippen molar-refractivity contribution in [2.75, 3.05) is 5.32 Å². The zero-order chi connectivity index (χ0) is 20.4. The average molecular weight is 392 g/mol. The summed E-state index contributed by atoms with van der Waals surface area (Å²) in [5.74, 6) is 0.170. The third kappa shape index (κ3) is 3.76. The number of aromatic nitrogens is 2. The van der Waals surface area contributed by atoms with Crippen molar-refractivity contribution >= 4 is 17.3 Å². The lowest BCUT2D eigenvalue weighted by Gasteiger charge is -2.21. The monoisotopic (exact) mass is 392 g/mol. The summed E-state index contributed by atoms with van der Waals surface area (Å²) in [6.07, 6.45) is 3.82. The van der Waals surface area contributed by atoms with E-state index in [9.17, 15) is 9.18 Å². The van der Waals surface area contributed by atoms with Crippen LogP contribution >= 0.6 is 0 Å². The minimum atomic E-state index is -1.21. The summed E-state index contributed by atoms with van der Waals surface area (Å²) in [6, 6.07) is 13.9. The van der Waals surface area contributed by atoms with Crippen LogP contribution in [0.15, 0.2) is 66.1 Å². The fourth-order valence-electron chi connectivity index (χ4n) is 3.29. The fourth-order valence-corrected chi connectivity index (χ4v) is 3.29. The normalized spacial score (nSPS) is 18.2. The number of hydrogen-bond acceptors (Lipinski definition) is 4. The molecule has 0 fully saturated rings. The van der Waals surface area contributed by atoms with Gasteiger partial charge in [0.05, 0.1) is 12.3 Å². The Morgan fingerprint density at radius 3 is 2.76 bits per heavy atom. The molecule has 2 heterocycles. The number of rotatable bonds is 5. The molecule has 0 saturated heterocycles. The first-order valence-electron chi connectivity index (χ1n) is 9.33. The molecule has 2 aromatic carbocycles. The third-order valence-corrected chi connectivity index (χ3v) is 5.06. The molecule has 0 bridgehead atoms. The van der Waals surface area contributed by atoms with Crippen LogP contribution in [0.25, 0.3) is 0 Å². The summed E-state index contributed by atoms with van der Waals surface area (Å²) >= 11 is 0. The van der Waals surface area contributed by atoms with E-state index in [0.29, 0.717) is 23.5 Å². The van der Waals surface area contributed by atoms with Gasteiger partial charge in [-0.2, -0.15) is 0 Å². The van der Waals surface area contributed by atoms with Crippen LogP contribution < -0.4 is 5.32 Å². The van der Waals surface area contributed by atoms with Gasteiger partial charge < -0.3 is 14.7 Å². The summed E-state index contributed by atoms with van der Waals surface area (Å²) in [4.78, 5) is 22.7. The van der Waals surface area contributed by atoms with Crippen LogP contribution in [0, 0.1) is 12.7 Å². The van der Waals surface area contributed by atoms with Crippen LogP contribution in [0.4, 0.5) is 10.1 Å². The molecule has 1 aliphatic heterocycles.